The van der Waals surface area contributed by atoms with Crippen LogP contribution < -0.4 is 15.5 Å². The van der Waals surface area contributed by atoms with E-state index in [0.717, 1.165) is 18.5 Å². The Labute approximate surface area is 308 Å². The molecule has 9 rings (SSSR count). The summed E-state index contributed by atoms with van der Waals surface area (Å²) in [5.74, 6) is 0. The molecule has 3 heterocycles. The van der Waals surface area contributed by atoms with Crippen molar-refractivity contribution in [2.75, 3.05) is 11.9 Å². The Hall–Kier alpha value is -6.06. The van der Waals surface area contributed by atoms with Crippen LogP contribution in [0, 0.1) is 0 Å². The summed E-state index contributed by atoms with van der Waals surface area (Å²) in [6.45, 7) is 8.38. The molecular weight excluding hydrogens is 633 g/mol. The van der Waals surface area contributed by atoms with E-state index in [-0.39, 0.29) is 12.2 Å². The number of allylic oxidation sites excluding steroid dienone is 5. The van der Waals surface area contributed by atoms with Gasteiger partial charge < -0.3 is 14.8 Å². The fourth-order valence-corrected chi connectivity index (χ4v) is 7.12. The third kappa shape index (κ3) is 7.08. The van der Waals surface area contributed by atoms with Crippen molar-refractivity contribution in [1.29, 1.82) is 0 Å². The van der Waals surface area contributed by atoms with Crippen LogP contribution in [0.5, 0.6) is 0 Å². The predicted molar refractivity (Wildman–Crippen MR) is 223 cm³/mol. The molecule has 2 atom stereocenters. The van der Waals surface area contributed by atoms with Crippen LogP contribution in [-0.2, 0) is 0 Å². The standard InChI is InChI=1S/C30H24N2.C16H16N2.C2H6/c1-21-9-7-8-18-31(2)28-16-14-22(19-26(21)28)23-15-17-30-27(20-23)25-12-5-6-13-29(25)32(30)24-10-3-4-11-24;1-3-7-13(8-4-1)15-11-12-17-16(18-15)14-9-5-2-6-10-14;1-2/h3-6,8,10,12-20H,1,7,9H2,2H3;1-12,15-18H;1-2H3/b18-8-;;. The van der Waals surface area contributed by atoms with E-state index in [1.54, 1.807) is 0 Å². The minimum atomic E-state index is 0.168. The number of hydrogen-bond donors (Lipinski definition) is 2. The molecule has 2 aliphatic heterocycles. The third-order valence-electron chi connectivity index (χ3n) is 9.72. The number of nitrogens with zero attached hydrogens (tertiary/aromatic N) is 2. The Morgan fingerprint density at radius 2 is 1.44 bits per heavy atom. The fourth-order valence-electron chi connectivity index (χ4n) is 7.12. The summed E-state index contributed by atoms with van der Waals surface area (Å²) in [6, 6.07) is 43.4. The Morgan fingerprint density at radius 1 is 0.750 bits per heavy atom. The van der Waals surface area contributed by atoms with E-state index in [0.29, 0.717) is 0 Å². The Morgan fingerprint density at radius 3 is 2.21 bits per heavy atom. The number of hydrogen-bond acceptors (Lipinski definition) is 3. The zero-order valence-electron chi connectivity index (χ0n) is 30.3. The van der Waals surface area contributed by atoms with Crippen molar-refractivity contribution in [3.8, 4) is 11.1 Å². The van der Waals surface area contributed by atoms with Gasteiger partial charge in [-0.05, 0) is 102 Å². The molecule has 0 radical (unpaired) electrons. The zero-order chi connectivity index (χ0) is 35.9. The Kier molecular flexibility index (Phi) is 10.5. The lowest BCUT2D eigenvalue weighted by Crippen LogP contribution is -2.37. The van der Waals surface area contributed by atoms with Crippen LogP contribution in [0.2, 0.25) is 0 Å². The Bertz CT molecular complexity index is 2350. The van der Waals surface area contributed by atoms with Gasteiger partial charge in [0, 0.05) is 29.1 Å². The SMILES string of the molecule is C1=CC(c2ccccc2)NC(c2ccccc2)N1.C=C1CC/C=C\N(C)c2ccc(-c3ccc4c(c3)c3ccccc3n4C3=C=CC=C3)cc21.CC. The van der Waals surface area contributed by atoms with E-state index in [2.05, 4.69) is 173 Å². The van der Waals surface area contributed by atoms with Gasteiger partial charge in [0.1, 0.15) is 6.17 Å². The summed E-state index contributed by atoms with van der Waals surface area (Å²) in [4.78, 5) is 2.19. The minimum Gasteiger partial charge on any atom is -0.372 e. The number of nitrogens with one attached hydrogen (secondary N) is 2. The number of aromatic nitrogens is 1. The van der Waals surface area contributed by atoms with Crippen molar-refractivity contribution in [2.45, 2.75) is 38.9 Å². The lowest BCUT2D eigenvalue weighted by atomic mass is 9.94. The fraction of sp³-hybridized carbons (Fsp3) is 0.146. The van der Waals surface area contributed by atoms with Gasteiger partial charge in [-0.2, -0.15) is 0 Å². The van der Waals surface area contributed by atoms with Gasteiger partial charge >= 0.3 is 0 Å². The van der Waals surface area contributed by atoms with E-state index in [9.17, 15) is 0 Å². The average Bonchev–Trinajstić information content (AvgIpc) is 3.86. The molecule has 0 fully saturated rings. The van der Waals surface area contributed by atoms with Crippen molar-refractivity contribution < 1.29 is 0 Å². The second-order valence-electron chi connectivity index (χ2n) is 12.9. The Balaban J connectivity index is 0.000000178. The predicted octanol–water partition coefficient (Wildman–Crippen LogP) is 11.9. The van der Waals surface area contributed by atoms with E-state index in [4.69, 9.17) is 0 Å². The molecule has 3 aliphatic rings. The van der Waals surface area contributed by atoms with Crippen LogP contribution in [0.15, 0.2) is 176 Å². The largest absolute Gasteiger partial charge is 0.372 e. The number of fused-ring (bicyclic) bond motifs is 4. The zero-order valence-corrected chi connectivity index (χ0v) is 30.3. The van der Waals surface area contributed by atoms with E-state index in [1.165, 1.54) is 60.9 Å². The summed E-state index contributed by atoms with van der Waals surface area (Å²) in [5, 5.41) is 9.46. The molecule has 2 unspecified atom stereocenters. The van der Waals surface area contributed by atoms with Crippen LogP contribution in [0.4, 0.5) is 5.69 Å². The molecule has 0 amide bonds. The summed E-state index contributed by atoms with van der Waals surface area (Å²) in [7, 11) is 2.11. The second kappa shape index (κ2) is 15.9. The van der Waals surface area contributed by atoms with E-state index in [1.807, 2.05) is 44.3 Å². The highest BCUT2D eigenvalue weighted by molar-refractivity contribution is 6.11. The van der Waals surface area contributed by atoms with Crippen LogP contribution >= 0.6 is 0 Å². The highest BCUT2D eigenvalue weighted by atomic mass is 15.1. The molecule has 0 bridgehead atoms. The normalized spacial score (nSPS) is 17.9. The monoisotopic (exact) mass is 678 g/mol. The summed E-state index contributed by atoms with van der Waals surface area (Å²) >= 11 is 0. The first-order valence-electron chi connectivity index (χ1n) is 18.3. The molecule has 258 valence electrons. The van der Waals surface area contributed by atoms with Crippen molar-refractivity contribution in [3.05, 3.63) is 193 Å². The summed E-state index contributed by atoms with van der Waals surface area (Å²) in [5.41, 5.74) is 15.5. The minimum absolute atomic E-state index is 0.168. The molecule has 5 aromatic carbocycles. The maximum Gasteiger partial charge on any atom is 0.103 e. The molecule has 1 aromatic heterocycles. The van der Waals surface area contributed by atoms with Crippen LogP contribution in [0.25, 0.3) is 44.2 Å². The molecule has 4 heteroatoms. The second-order valence-corrected chi connectivity index (χ2v) is 12.9. The quantitative estimate of drug-likeness (QED) is 0.182. The first kappa shape index (κ1) is 34.4. The molecule has 52 heavy (non-hydrogen) atoms. The van der Waals surface area contributed by atoms with Gasteiger partial charge in [-0.25, -0.2) is 0 Å². The highest BCUT2D eigenvalue weighted by Gasteiger charge is 2.19. The van der Waals surface area contributed by atoms with Crippen LogP contribution in [0.3, 0.4) is 0 Å². The highest BCUT2D eigenvalue weighted by Crippen LogP contribution is 2.38. The number of para-hydroxylation sites is 1. The molecule has 0 spiro atoms. The van der Waals surface area contributed by atoms with Gasteiger partial charge in [-0.15, -0.1) is 0 Å². The van der Waals surface area contributed by atoms with Gasteiger partial charge in [0.25, 0.3) is 0 Å². The van der Waals surface area contributed by atoms with E-state index < -0.39 is 0 Å². The van der Waals surface area contributed by atoms with Crippen molar-refractivity contribution in [2.24, 2.45) is 0 Å². The summed E-state index contributed by atoms with van der Waals surface area (Å²) < 4.78 is 2.30. The molecule has 1 aliphatic carbocycles. The van der Waals surface area contributed by atoms with Gasteiger partial charge in [-0.1, -0.05) is 129 Å². The smallest absolute Gasteiger partial charge is 0.103 e. The molecular formula is C48H46N4. The van der Waals surface area contributed by atoms with Gasteiger partial charge in [0.05, 0.1) is 22.8 Å². The molecule has 4 nitrogen and oxygen atoms in total. The van der Waals surface area contributed by atoms with Crippen LogP contribution in [0.1, 0.15) is 55.6 Å². The first-order valence-corrected chi connectivity index (χ1v) is 18.3. The maximum atomic E-state index is 4.38. The first-order chi connectivity index (χ1) is 25.6. The maximum absolute atomic E-state index is 4.38. The van der Waals surface area contributed by atoms with Crippen molar-refractivity contribution in [1.82, 2.24) is 15.2 Å². The third-order valence-corrected chi connectivity index (χ3v) is 9.72. The molecule has 6 aromatic rings. The molecule has 0 saturated heterocycles. The molecule has 0 saturated carbocycles. The summed E-state index contributed by atoms with van der Waals surface area (Å²) in [6.07, 6.45) is 16.9. The van der Waals surface area contributed by atoms with Crippen molar-refractivity contribution >= 4 is 38.8 Å². The van der Waals surface area contributed by atoms with Crippen molar-refractivity contribution in [3.63, 3.8) is 0 Å². The van der Waals surface area contributed by atoms with E-state index >= 15 is 0 Å². The van der Waals surface area contributed by atoms with Gasteiger partial charge in [0.15, 0.2) is 0 Å². The topological polar surface area (TPSA) is 32.2 Å². The van der Waals surface area contributed by atoms with Crippen LogP contribution in [-0.4, -0.2) is 11.6 Å². The lowest BCUT2D eigenvalue weighted by Gasteiger charge is -2.29. The number of benzene rings is 5. The average molecular weight is 679 g/mol. The number of rotatable bonds is 4. The lowest BCUT2D eigenvalue weighted by molar-refractivity contribution is 0.433. The molecule has 2 N–H and O–H groups in total. The number of anilines is 1. The van der Waals surface area contributed by atoms with Gasteiger partial charge in [0.2, 0.25) is 0 Å². The van der Waals surface area contributed by atoms with Gasteiger partial charge in [-0.3, -0.25) is 5.32 Å².